The molecule has 1 amide bonds. The van der Waals surface area contributed by atoms with Gasteiger partial charge in [-0.2, -0.15) is 0 Å². The first-order chi connectivity index (χ1) is 9.82. The fraction of sp³-hybridized carbons (Fsp3) is 0.588. The Kier molecular flexibility index (Phi) is 6.72. The zero-order valence-electron chi connectivity index (χ0n) is 13.7. The normalized spacial score (nSPS) is 11.3. The lowest BCUT2D eigenvalue weighted by Gasteiger charge is -2.30. The summed E-state index contributed by atoms with van der Waals surface area (Å²) in [6.45, 7) is 11.5. The maximum Gasteiger partial charge on any atom is 0.414 e. The number of hydrogen-bond acceptors (Lipinski definition) is 2. The Bertz CT molecular complexity index is 480. The molecule has 0 aromatic heterocycles. The van der Waals surface area contributed by atoms with E-state index < -0.39 is 0 Å². The van der Waals surface area contributed by atoms with Crippen molar-refractivity contribution in [3.8, 4) is 0 Å². The van der Waals surface area contributed by atoms with Crippen LogP contribution in [0.1, 0.15) is 53.0 Å². The maximum atomic E-state index is 12.3. The molecule has 0 heterocycles. The van der Waals surface area contributed by atoms with E-state index in [1.54, 1.807) is 4.90 Å². The molecule has 0 radical (unpaired) electrons. The largest absolute Gasteiger partial charge is 0.449 e. The lowest BCUT2D eigenvalue weighted by molar-refractivity contribution is 0.159. The molecule has 1 aromatic rings. The lowest BCUT2D eigenvalue weighted by Crippen LogP contribution is -2.34. The molecule has 0 fully saturated rings. The van der Waals surface area contributed by atoms with Gasteiger partial charge in [0.1, 0.15) is 0 Å². The number of ether oxygens (including phenoxy) is 1. The zero-order chi connectivity index (χ0) is 16.0. The molecule has 0 aliphatic heterocycles. The molecule has 0 atom stereocenters. The van der Waals surface area contributed by atoms with Gasteiger partial charge in [-0.05, 0) is 36.5 Å². The molecular formula is C17H26BrNO2. The van der Waals surface area contributed by atoms with Gasteiger partial charge < -0.3 is 4.74 Å². The van der Waals surface area contributed by atoms with E-state index in [1.807, 2.05) is 25.1 Å². The third-order valence-electron chi connectivity index (χ3n) is 3.26. The summed E-state index contributed by atoms with van der Waals surface area (Å²) in [4.78, 5) is 14.1. The zero-order valence-corrected chi connectivity index (χ0v) is 15.3. The number of carbonyl (C=O) groups excluding carboxylic acids is 1. The van der Waals surface area contributed by atoms with Crippen LogP contribution in [-0.2, 0) is 10.2 Å². The number of hydrogen-bond donors (Lipinski definition) is 0. The molecule has 0 aliphatic rings. The third-order valence-corrected chi connectivity index (χ3v) is 3.92. The van der Waals surface area contributed by atoms with E-state index in [2.05, 4.69) is 43.6 Å². The summed E-state index contributed by atoms with van der Waals surface area (Å²) in [6.07, 6.45) is 1.72. The molecule has 3 nitrogen and oxygen atoms in total. The van der Waals surface area contributed by atoms with Gasteiger partial charge in [-0.1, -0.05) is 56.1 Å². The molecule has 4 heteroatoms. The molecule has 0 aliphatic carbocycles. The molecule has 1 rings (SSSR count). The van der Waals surface area contributed by atoms with Crippen molar-refractivity contribution in [2.75, 3.05) is 18.1 Å². The third kappa shape index (κ3) is 4.73. The number of halogens is 1. The van der Waals surface area contributed by atoms with Gasteiger partial charge in [0.15, 0.2) is 0 Å². The van der Waals surface area contributed by atoms with Crippen molar-refractivity contribution in [1.29, 1.82) is 0 Å². The highest BCUT2D eigenvalue weighted by molar-refractivity contribution is 9.10. The van der Waals surface area contributed by atoms with Crippen LogP contribution in [0.5, 0.6) is 0 Å². The fourth-order valence-corrected chi connectivity index (χ4v) is 3.26. The minimum atomic E-state index is -0.269. The van der Waals surface area contributed by atoms with E-state index in [9.17, 15) is 4.79 Å². The van der Waals surface area contributed by atoms with Crippen molar-refractivity contribution in [1.82, 2.24) is 0 Å². The maximum absolute atomic E-state index is 12.3. The van der Waals surface area contributed by atoms with Crippen LogP contribution < -0.4 is 4.90 Å². The van der Waals surface area contributed by atoms with E-state index in [1.165, 1.54) is 0 Å². The monoisotopic (exact) mass is 355 g/mol. The van der Waals surface area contributed by atoms with Crippen LogP contribution in [-0.4, -0.2) is 19.2 Å². The summed E-state index contributed by atoms with van der Waals surface area (Å²) in [7, 11) is 0. The first kappa shape index (κ1) is 18.0. The van der Waals surface area contributed by atoms with Gasteiger partial charge in [-0.25, -0.2) is 4.79 Å². The average molecular weight is 356 g/mol. The number of unbranched alkanes of at least 4 members (excludes halogenated alkanes) is 1. The molecule has 1 aromatic carbocycles. The number of anilines is 1. The second kappa shape index (κ2) is 7.83. The Morgan fingerprint density at radius 2 is 1.95 bits per heavy atom. The summed E-state index contributed by atoms with van der Waals surface area (Å²) in [5.74, 6) is 0. The minimum absolute atomic E-state index is 0.0631. The quantitative estimate of drug-likeness (QED) is 0.696. The highest BCUT2D eigenvalue weighted by Gasteiger charge is 2.27. The predicted octanol–water partition coefficient (Wildman–Crippen LogP) is 5.51. The van der Waals surface area contributed by atoms with Crippen LogP contribution in [0.25, 0.3) is 0 Å². The van der Waals surface area contributed by atoms with Crippen LogP contribution in [0.3, 0.4) is 0 Å². The molecule has 0 N–H and O–H groups in total. The van der Waals surface area contributed by atoms with Gasteiger partial charge in [-0.15, -0.1) is 0 Å². The number of carbonyl (C=O) groups is 1. The predicted molar refractivity (Wildman–Crippen MR) is 92.1 cm³/mol. The van der Waals surface area contributed by atoms with Crippen molar-refractivity contribution < 1.29 is 9.53 Å². The molecule has 118 valence electrons. The van der Waals surface area contributed by atoms with Crippen molar-refractivity contribution in [3.05, 3.63) is 28.2 Å². The van der Waals surface area contributed by atoms with Crippen molar-refractivity contribution >= 4 is 27.7 Å². The Labute approximate surface area is 136 Å². The van der Waals surface area contributed by atoms with Gasteiger partial charge in [0, 0.05) is 11.0 Å². The number of benzene rings is 1. The Balaban J connectivity index is 3.30. The van der Waals surface area contributed by atoms with Gasteiger partial charge in [-0.3, -0.25) is 4.90 Å². The van der Waals surface area contributed by atoms with Gasteiger partial charge >= 0.3 is 6.09 Å². The minimum Gasteiger partial charge on any atom is -0.449 e. The Morgan fingerprint density at radius 3 is 2.48 bits per heavy atom. The number of nitrogens with zero attached hydrogens (tertiary/aromatic N) is 1. The van der Waals surface area contributed by atoms with Crippen molar-refractivity contribution in [3.63, 3.8) is 0 Å². The van der Waals surface area contributed by atoms with E-state index >= 15 is 0 Å². The smallest absolute Gasteiger partial charge is 0.414 e. The SMILES string of the molecule is CCCCN(C(=O)OCC)c1cccc(Br)c1C(C)(C)C. The number of rotatable bonds is 5. The molecular weight excluding hydrogens is 330 g/mol. The molecule has 0 saturated carbocycles. The van der Waals surface area contributed by atoms with Crippen LogP contribution in [0, 0.1) is 0 Å². The summed E-state index contributed by atoms with van der Waals surface area (Å²) in [6, 6.07) is 5.98. The van der Waals surface area contributed by atoms with Gasteiger partial charge in [0.25, 0.3) is 0 Å². The highest BCUT2D eigenvalue weighted by atomic mass is 79.9. The number of amides is 1. The first-order valence-corrected chi connectivity index (χ1v) is 8.35. The van der Waals surface area contributed by atoms with Gasteiger partial charge in [0.05, 0.1) is 12.3 Å². The van der Waals surface area contributed by atoms with Crippen molar-refractivity contribution in [2.24, 2.45) is 0 Å². The van der Waals surface area contributed by atoms with Crippen LogP contribution in [0.4, 0.5) is 10.5 Å². The Hall–Kier alpha value is -1.03. The summed E-state index contributed by atoms with van der Waals surface area (Å²) >= 11 is 3.63. The van der Waals surface area contributed by atoms with Crippen LogP contribution >= 0.6 is 15.9 Å². The molecule has 0 bridgehead atoms. The lowest BCUT2D eigenvalue weighted by atomic mass is 9.85. The Morgan fingerprint density at radius 1 is 1.29 bits per heavy atom. The van der Waals surface area contributed by atoms with Gasteiger partial charge in [0.2, 0.25) is 0 Å². The average Bonchev–Trinajstić information content (AvgIpc) is 2.38. The second-order valence-electron chi connectivity index (χ2n) is 6.09. The molecule has 0 unspecified atom stereocenters. The topological polar surface area (TPSA) is 29.5 Å². The van der Waals surface area contributed by atoms with E-state index in [4.69, 9.17) is 4.74 Å². The van der Waals surface area contributed by atoms with E-state index in [0.717, 1.165) is 28.6 Å². The van der Waals surface area contributed by atoms with E-state index in [0.29, 0.717) is 13.2 Å². The second-order valence-corrected chi connectivity index (χ2v) is 6.94. The first-order valence-electron chi connectivity index (χ1n) is 7.56. The molecule has 0 saturated heterocycles. The van der Waals surface area contributed by atoms with Crippen LogP contribution in [0.2, 0.25) is 0 Å². The summed E-state index contributed by atoms with van der Waals surface area (Å²) in [5, 5.41) is 0. The molecule has 21 heavy (non-hydrogen) atoms. The van der Waals surface area contributed by atoms with E-state index in [-0.39, 0.29) is 11.5 Å². The highest BCUT2D eigenvalue weighted by Crippen LogP contribution is 2.38. The van der Waals surface area contributed by atoms with Crippen molar-refractivity contribution in [2.45, 2.75) is 52.9 Å². The van der Waals surface area contributed by atoms with Crippen LogP contribution in [0.15, 0.2) is 22.7 Å². The summed E-state index contributed by atoms with van der Waals surface area (Å²) in [5.41, 5.74) is 2.00. The standard InChI is InChI=1S/C17H26BrNO2/c1-6-8-12-19(16(20)21-7-2)14-11-9-10-13(18)15(14)17(3,4)5/h9-11H,6-8,12H2,1-5H3. The molecule has 0 spiro atoms. The summed E-state index contributed by atoms with van der Waals surface area (Å²) < 4.78 is 6.26. The fourth-order valence-electron chi connectivity index (χ4n) is 2.31.